The Labute approximate surface area is 780 Å². The van der Waals surface area contributed by atoms with Crippen molar-refractivity contribution in [2.45, 2.75) is 0 Å². The number of methoxy groups -OCH3 is 1. The average Bonchev–Trinajstić information content (AvgIpc) is 0.701. The number of nitrogens with two attached hydrogens (primary N) is 10. The zero-order valence-corrected chi connectivity index (χ0v) is 72.4. The van der Waals surface area contributed by atoms with Gasteiger partial charge in [-0.3, -0.25) is 62.3 Å². The summed E-state index contributed by atoms with van der Waals surface area (Å²) in [7, 11) is 1.38. The van der Waals surface area contributed by atoms with E-state index in [1.807, 2.05) is 78.9 Å². The molecule has 30 nitrogen and oxygen atoms in total. The van der Waals surface area contributed by atoms with Crippen LogP contribution in [-0.4, -0.2) is 97.7 Å². The number of para-hydroxylation sites is 3. The van der Waals surface area contributed by atoms with Gasteiger partial charge in [-0.25, -0.2) is 0 Å². The molecular weight excluding hydrogens is 1780 g/mol. The van der Waals surface area contributed by atoms with Crippen LogP contribution in [0.25, 0.3) is 0 Å². The lowest BCUT2D eigenvalue weighted by Gasteiger charge is -2.24. The Morgan fingerprint density at radius 3 is 0.868 bits per heavy atom. The van der Waals surface area contributed by atoms with Crippen LogP contribution in [0.15, 0.2) is 267 Å². The van der Waals surface area contributed by atoms with Gasteiger partial charge in [0.25, 0.3) is 5.91 Å². The van der Waals surface area contributed by atoms with Crippen molar-refractivity contribution in [1.82, 2.24) is 0 Å². The number of phenolic OH excluding ortho intramolecular Hbond substituents is 3. The standard InChI is InChI=1S/C26H18N2O2.C20H13NO4.C15H11N3O3.C15H11NO4.C14H7Cl2NO3.C14H12N4O2/c29-25-19-13-7-8-14-20(19)26(30)24-22(28-18-11-5-2-6-12-18)16-15-21(23(24)25)27-17-9-3-1-4-10-17;21-18-15(25-11-6-2-1-3-7-11)10-14(22)16-17(18)20(24)13-9-5-4-8-12(13)19(16)23;16-9-5-8(15(18)21)12(17)11-10(9)13(19)6-3-1-2-4-7(6)14(11)20;1-20-10-6-9(17)11-12(13(10)16)15(19)8-5-3-2-4-7(8)14(11)18;15-9-10(16)14(20)8-7(11(9)17)12(18)5-3-1-2-4-6(5)13(8)19;15-5-1-2-6(16)10-9(5)13(19)11-7(17)3-4-8(18)12(11)14(10)20/h1-16,27-28H;1-10,22H,21H2;1-5H,16-17H2,(H2,18,21);2-6,17H,16H2,1H3;1-4,20H,17H2;1-4H,15-18H2. The highest BCUT2D eigenvalue weighted by Gasteiger charge is 2.43. The van der Waals surface area contributed by atoms with Crippen molar-refractivity contribution in [2.24, 2.45) is 5.73 Å². The lowest BCUT2D eigenvalue weighted by molar-refractivity contribution is 0.0977. The summed E-state index contributed by atoms with van der Waals surface area (Å²) in [5, 5.41) is 36.6. The molecule has 15 aromatic rings. The van der Waals surface area contributed by atoms with Crippen molar-refractivity contribution in [3.8, 4) is 34.5 Å². The molecule has 0 heterocycles. The summed E-state index contributed by atoms with van der Waals surface area (Å²) in [5.74, 6) is -5.75. The Kier molecular flexibility index (Phi) is 24.1. The minimum absolute atomic E-state index is 0.00514. The summed E-state index contributed by atoms with van der Waals surface area (Å²) >= 11 is 11.7. The van der Waals surface area contributed by atoms with E-state index in [-0.39, 0.29) is 224 Å². The molecule has 0 aromatic heterocycles. The summed E-state index contributed by atoms with van der Waals surface area (Å²) in [5.41, 5.74) is 65.0. The summed E-state index contributed by atoms with van der Waals surface area (Å²) in [6.07, 6.45) is 0. The van der Waals surface area contributed by atoms with Crippen molar-refractivity contribution in [1.29, 1.82) is 0 Å². The van der Waals surface area contributed by atoms with Gasteiger partial charge in [0.1, 0.15) is 33.8 Å². The van der Waals surface area contributed by atoms with Gasteiger partial charge in [0, 0.05) is 108 Å². The molecule has 136 heavy (non-hydrogen) atoms. The smallest absolute Gasteiger partial charge is 0.250 e. The molecule has 0 bridgehead atoms. The fourth-order valence-electron chi connectivity index (χ4n) is 16.6. The predicted octanol–water partition coefficient (Wildman–Crippen LogP) is 15.8. The van der Waals surface area contributed by atoms with Crippen LogP contribution >= 0.6 is 23.2 Å². The van der Waals surface area contributed by atoms with E-state index in [4.69, 9.17) is 90.0 Å². The average molecular weight is 1850 g/mol. The van der Waals surface area contributed by atoms with Crippen molar-refractivity contribution < 1.29 is 87.1 Å². The molecule has 6 aliphatic carbocycles. The van der Waals surface area contributed by atoms with Crippen LogP contribution < -0.4 is 77.4 Å². The molecule has 0 aliphatic heterocycles. The molecule has 1 amide bonds. The van der Waals surface area contributed by atoms with E-state index in [0.29, 0.717) is 39.4 Å². The second-order valence-electron chi connectivity index (χ2n) is 31.0. The molecule has 0 unspecified atom stereocenters. The van der Waals surface area contributed by atoms with Gasteiger partial charge in [0.05, 0.1) is 130 Å². The number of aromatic hydroxyl groups is 3. The predicted molar refractivity (Wildman–Crippen MR) is 514 cm³/mol. The highest BCUT2D eigenvalue weighted by molar-refractivity contribution is 6.47. The molecule has 0 atom stereocenters. The quantitative estimate of drug-likeness (QED) is 0.0496. The first kappa shape index (κ1) is 90.5. The number of nitrogen functional groups attached to an aromatic ring is 9. The molecule has 670 valence electrons. The Balaban J connectivity index is 0.000000119. The van der Waals surface area contributed by atoms with Gasteiger partial charge in [-0.1, -0.05) is 199 Å². The number of rotatable bonds is 8. The Morgan fingerprint density at radius 2 is 0.537 bits per heavy atom. The fraction of sp³-hybridized carbons (Fsp3) is 0.00962. The number of ether oxygens (including phenoxy) is 2. The second-order valence-corrected chi connectivity index (χ2v) is 31.7. The van der Waals surface area contributed by atoms with Crippen LogP contribution in [0.4, 0.5) is 73.9 Å². The first-order valence-corrected chi connectivity index (χ1v) is 41.7. The van der Waals surface area contributed by atoms with E-state index in [1.54, 1.807) is 127 Å². The lowest BCUT2D eigenvalue weighted by Crippen LogP contribution is -2.26. The zero-order chi connectivity index (χ0) is 97.0. The maximum atomic E-state index is 13.4. The minimum atomic E-state index is -0.805. The number of anilines is 13. The lowest BCUT2D eigenvalue weighted by atomic mass is 9.81. The first-order valence-electron chi connectivity index (χ1n) is 40.9. The zero-order valence-electron chi connectivity index (χ0n) is 70.9. The van der Waals surface area contributed by atoms with E-state index in [9.17, 15) is 77.6 Å². The number of carbonyl (C=O) groups is 13. The molecule has 21 rings (SSSR count). The van der Waals surface area contributed by atoms with Crippen LogP contribution in [0.5, 0.6) is 34.5 Å². The molecule has 15 aromatic carbocycles. The molecule has 0 saturated heterocycles. The summed E-state index contributed by atoms with van der Waals surface area (Å²) in [4.78, 5) is 164. The Morgan fingerprint density at radius 1 is 0.272 bits per heavy atom. The number of hydrogen-bond donors (Lipinski definition) is 15. The summed E-state index contributed by atoms with van der Waals surface area (Å²) in [6.45, 7) is 0. The van der Waals surface area contributed by atoms with Gasteiger partial charge in [0.15, 0.2) is 75.1 Å². The number of nitrogens with one attached hydrogen (secondary N) is 2. The van der Waals surface area contributed by atoms with Gasteiger partial charge in [-0.05, 0) is 78.9 Å². The van der Waals surface area contributed by atoms with E-state index < -0.39 is 57.9 Å². The normalized spacial score (nSPS) is 12.7. The number of carbonyl (C=O) groups excluding carboxylic acids is 13. The molecule has 25 N–H and O–H groups in total. The Hall–Kier alpha value is -18.8. The molecule has 0 radical (unpaired) electrons. The van der Waals surface area contributed by atoms with Crippen LogP contribution in [-0.2, 0) is 0 Å². The number of halogens is 2. The van der Waals surface area contributed by atoms with Gasteiger partial charge in [0.2, 0.25) is 0 Å². The number of fused-ring (bicyclic) bond motifs is 12. The number of amides is 1. The Bertz CT molecular complexity index is 7550. The van der Waals surface area contributed by atoms with Crippen molar-refractivity contribution >= 4 is 172 Å². The van der Waals surface area contributed by atoms with Crippen molar-refractivity contribution in [2.75, 3.05) is 69.3 Å². The molecule has 0 spiro atoms. The van der Waals surface area contributed by atoms with Gasteiger partial charge in [-0.2, -0.15) is 0 Å². The minimum Gasteiger partial charge on any atom is -0.507 e. The van der Waals surface area contributed by atoms with E-state index in [2.05, 4.69) is 10.6 Å². The third kappa shape index (κ3) is 15.7. The van der Waals surface area contributed by atoms with Crippen molar-refractivity contribution in [3.63, 3.8) is 0 Å². The number of ketones is 12. The van der Waals surface area contributed by atoms with Gasteiger partial charge < -0.3 is 92.8 Å². The highest BCUT2D eigenvalue weighted by atomic mass is 35.5. The maximum Gasteiger partial charge on any atom is 0.250 e. The second kappa shape index (κ2) is 36.3. The number of phenols is 3. The SMILES string of the molecule is COc1cc(O)c2c(c1N)C(=O)c1ccccc1C2=O.NC(=O)c1cc(N)c2c(c1N)C(=O)c1ccccc1C2=O.Nc1c(Cl)c(Cl)c(O)c2c1C(=O)c1ccccc1C2=O.Nc1c(Oc2ccccc2)cc(O)c2c1C(=O)c1ccccc1C2=O.Nc1ccc(N)c2c1C(=O)c1c(N)ccc(N)c1C2=O.O=C1c2ccccc2C(=O)c2c(Nc3ccccc3)ccc(Nc3ccccc3)c21. The molecular formula is C104H72Cl2N12O18. The number of hydrogen-bond acceptors (Lipinski definition) is 29. The van der Waals surface area contributed by atoms with E-state index >= 15 is 0 Å². The van der Waals surface area contributed by atoms with E-state index in [1.165, 1.54) is 67.8 Å². The van der Waals surface area contributed by atoms with Crippen molar-refractivity contribution in [3.05, 3.63) is 416 Å². The molecule has 32 heteroatoms. The van der Waals surface area contributed by atoms with Gasteiger partial charge in [-0.15, -0.1) is 0 Å². The molecule has 6 aliphatic rings. The number of benzene rings is 15. The summed E-state index contributed by atoms with van der Waals surface area (Å²) < 4.78 is 10.7. The van der Waals surface area contributed by atoms with Crippen LogP contribution in [0, 0.1) is 0 Å². The maximum absolute atomic E-state index is 13.4. The van der Waals surface area contributed by atoms with Gasteiger partial charge >= 0.3 is 0 Å². The van der Waals surface area contributed by atoms with E-state index in [0.717, 1.165) is 11.4 Å². The van der Waals surface area contributed by atoms with Crippen LogP contribution in [0.1, 0.15) is 201 Å². The van der Waals surface area contributed by atoms with Crippen LogP contribution in [0.3, 0.4) is 0 Å². The largest absolute Gasteiger partial charge is 0.507 e. The topological polar surface area (TPSA) is 585 Å². The fourth-order valence-corrected chi connectivity index (χ4v) is 16.9. The number of primary amides is 1. The first-order chi connectivity index (χ1) is 65.2. The third-order valence-electron chi connectivity index (χ3n) is 23.0. The summed E-state index contributed by atoms with van der Waals surface area (Å²) in [6, 6.07) is 74.1. The third-order valence-corrected chi connectivity index (χ3v) is 23.8. The van der Waals surface area contributed by atoms with Crippen LogP contribution in [0.2, 0.25) is 10.0 Å². The highest BCUT2D eigenvalue weighted by Crippen LogP contribution is 2.49. The molecule has 0 fully saturated rings. The monoisotopic (exact) mass is 1850 g/mol. The molecule has 0 saturated carbocycles.